The maximum atomic E-state index is 12.6. The van der Waals surface area contributed by atoms with Gasteiger partial charge in [0.25, 0.3) is 0 Å². The first-order valence-corrected chi connectivity index (χ1v) is 60.6. The summed E-state index contributed by atoms with van der Waals surface area (Å²) in [5.74, 6) is -3.08. The second kappa shape index (κ2) is 39.3. The summed E-state index contributed by atoms with van der Waals surface area (Å²) >= 11 is 27.9. The molecule has 0 aliphatic carbocycles. The van der Waals surface area contributed by atoms with E-state index in [0.717, 1.165) is 79.1 Å². The fourth-order valence-corrected chi connectivity index (χ4v) is 31.5. The fraction of sp³-hybridized carbons (Fsp3) is 0.393. The van der Waals surface area contributed by atoms with Crippen LogP contribution in [0.3, 0.4) is 0 Å². The average molecular weight is 1940 g/mol. The Labute approximate surface area is 603 Å². The number of ether oxygens (including phenoxy) is 2. The molecule has 26 heteroatoms. The normalized spacial score (nSPS) is 11.1. The van der Waals surface area contributed by atoms with Crippen LogP contribution in [0.15, 0.2) is 92.6 Å². The van der Waals surface area contributed by atoms with Gasteiger partial charge in [-0.15, -0.1) is 68.0 Å². The quantitative estimate of drug-likeness (QED) is 0.0590. The van der Waals surface area contributed by atoms with Crippen molar-refractivity contribution in [2.24, 2.45) is 0 Å². The van der Waals surface area contributed by atoms with Crippen molar-refractivity contribution in [3.05, 3.63) is 140 Å². The van der Waals surface area contributed by atoms with Crippen LogP contribution < -0.4 is 5.79 Å². The number of unbranched alkanes of at least 4 members (excludes halogenated alkanes) is 2. The Balaban J connectivity index is 0.000000363. The van der Waals surface area contributed by atoms with Gasteiger partial charge in [-0.2, -0.15) is 11.3 Å². The number of carboxylic acids is 3. The Morgan fingerprint density at radius 2 is 0.874 bits per heavy atom. The molecule has 8 aromatic heterocycles. The van der Waals surface area contributed by atoms with Gasteiger partial charge in [0, 0.05) is 62.9 Å². The number of thiophene rings is 8. The van der Waals surface area contributed by atoms with Crippen LogP contribution in [0.25, 0.3) is 19.5 Å². The molecule has 0 aromatic carbocycles. The van der Waals surface area contributed by atoms with Crippen LogP contribution in [-0.2, 0) is 9.47 Å². The molecule has 8 aromatic rings. The molecule has 0 aliphatic heterocycles. The Morgan fingerprint density at radius 1 is 0.483 bits per heavy atom. The average Bonchev–Trinajstić information content (AvgIpc) is 2.86. The minimum absolute atomic E-state index is 0.202. The van der Waals surface area contributed by atoms with E-state index < -0.39 is 65.9 Å². The Morgan fingerprint density at radius 3 is 1.16 bits per heavy atom. The van der Waals surface area contributed by atoms with Gasteiger partial charge in [0.15, 0.2) is 0 Å². The maximum absolute atomic E-state index is 12.6. The molecule has 87 heavy (non-hydrogen) atoms. The van der Waals surface area contributed by atoms with Crippen LogP contribution in [0.5, 0.6) is 0 Å². The molecule has 0 saturated carbocycles. The molecule has 0 atom stereocenters. The van der Waals surface area contributed by atoms with Crippen LogP contribution in [0.4, 0.5) is 0 Å². The molecule has 0 bridgehead atoms. The Bertz CT molecular complexity index is 3420. The Hall–Kier alpha value is -0.573. The number of halogens is 6. The molecule has 3 N–H and O–H groups in total. The van der Waals surface area contributed by atoms with Gasteiger partial charge in [-0.05, 0) is 205 Å². The molecule has 0 fully saturated rings. The number of aryl methyl sites for hydroxylation is 4. The van der Waals surface area contributed by atoms with E-state index in [0.29, 0.717) is 31.6 Å². The summed E-state index contributed by atoms with van der Waals surface area (Å²) in [4.78, 5) is 79.8. The van der Waals surface area contributed by atoms with Crippen molar-refractivity contribution >= 4 is 255 Å². The summed E-state index contributed by atoms with van der Waals surface area (Å²) in [6, 6.07) is 21.6. The van der Waals surface area contributed by atoms with Gasteiger partial charge in [0.1, 0.15) is 11.2 Å². The topological polar surface area (TPSA) is 164 Å². The molecular weight excluding hydrogens is 1870 g/mol. The summed E-state index contributed by atoms with van der Waals surface area (Å²) in [5, 5.41) is 29.2. The molecule has 0 saturated heterocycles. The van der Waals surface area contributed by atoms with Crippen LogP contribution in [0.1, 0.15) is 151 Å². The van der Waals surface area contributed by atoms with E-state index in [9.17, 15) is 24.0 Å². The van der Waals surface area contributed by atoms with Gasteiger partial charge in [-0.3, -0.25) is 0 Å². The molecule has 0 amide bonds. The van der Waals surface area contributed by atoms with E-state index in [1.165, 1.54) is 55.1 Å². The van der Waals surface area contributed by atoms with Crippen LogP contribution >= 0.6 is 183 Å². The zero-order valence-corrected chi connectivity index (χ0v) is 73.2. The molecule has 0 aliphatic rings. The van der Waals surface area contributed by atoms with Gasteiger partial charge in [0.2, 0.25) is 0 Å². The van der Waals surface area contributed by atoms with Crippen molar-refractivity contribution < 1.29 is 48.8 Å². The molecule has 8 heterocycles. The van der Waals surface area contributed by atoms with Crippen molar-refractivity contribution in [1.29, 1.82) is 0 Å². The molecule has 0 unspecified atom stereocenters. The third-order valence-corrected chi connectivity index (χ3v) is 41.6. The van der Waals surface area contributed by atoms with Crippen LogP contribution in [0.2, 0.25) is 29.6 Å². The van der Waals surface area contributed by atoms with Gasteiger partial charge in [-0.25, -0.2) is 24.0 Å². The standard InChI is InChI=1S/C18H24O2S2.C12H16Br2O2S.C11H10O2S2.C5H2Br2O2S.C5H4O2S.C4H2S.6CH3.Br2.2Sn/c1-6-7-10-18(4,5)20-17(19)14-11-13(3)22-16(14)15-9-8-12(2)21-15;1-4-5-6-12(2,3)16-11(15)8-7-9(13)17-10(8)14;1-6-3-4-9(14-6)10-8(11(12)13)5-7(2)15-10;6-3-1-2(5(8)9)4(7)10-3;6-5(7)4-1-2-8-3-4;1-2-4-5-3-1;;;;;;;1-2;;/h8-9,11H,6-7,10H2,1-5H3;7H,4-6H2,1-3H3;3-5H,1-2H3,(H,12,13);1H,(H,8,9);1-3H,(H,6,7);1-2H;6*1H3;;;. The Kier molecular flexibility index (Phi) is 37.3. The third kappa shape index (κ3) is 29.7. The summed E-state index contributed by atoms with van der Waals surface area (Å²) in [7, 11) is 0. The molecule has 0 spiro atoms. The summed E-state index contributed by atoms with van der Waals surface area (Å²) in [6.07, 6.45) is 6.13. The van der Waals surface area contributed by atoms with E-state index in [2.05, 4.69) is 178 Å². The number of aromatic carboxylic acids is 3. The van der Waals surface area contributed by atoms with Gasteiger partial charge >= 0.3 is 125 Å². The summed E-state index contributed by atoms with van der Waals surface area (Å²) in [5.41, 5.74) is 1.57. The fourth-order valence-electron chi connectivity index (χ4n) is 7.23. The van der Waals surface area contributed by atoms with E-state index in [-0.39, 0.29) is 11.9 Å². The molecule has 8 rings (SSSR count). The molecule has 478 valence electrons. The third-order valence-electron chi connectivity index (χ3n) is 11.7. The summed E-state index contributed by atoms with van der Waals surface area (Å²) in [6.45, 7) is 20.3. The van der Waals surface area contributed by atoms with E-state index in [1.807, 2.05) is 66.7 Å². The van der Waals surface area contributed by atoms with Crippen molar-refractivity contribution in [1.82, 2.24) is 0 Å². The molecular formula is C61H76Br6O10S8Sn2. The number of hydrogen-bond donors (Lipinski definition) is 3. The monoisotopic (exact) mass is 1940 g/mol. The number of esters is 2. The second-order valence-electron chi connectivity index (χ2n) is 22.6. The predicted molar refractivity (Wildman–Crippen MR) is 405 cm³/mol. The van der Waals surface area contributed by atoms with Crippen LogP contribution in [0, 0.1) is 27.7 Å². The van der Waals surface area contributed by atoms with Gasteiger partial charge in [-0.1, -0.05) is 26.7 Å². The number of rotatable bonds is 17. The first-order valence-electron chi connectivity index (χ1n) is 27.1. The first kappa shape index (κ1) is 82.5. The number of hydrogen-bond acceptors (Lipinski definition) is 15. The van der Waals surface area contributed by atoms with Crippen molar-refractivity contribution in [3.63, 3.8) is 0 Å². The van der Waals surface area contributed by atoms with E-state index >= 15 is 0 Å². The zero-order valence-electron chi connectivity index (χ0n) is 51.5. The van der Waals surface area contributed by atoms with Crippen molar-refractivity contribution in [2.45, 2.75) is 149 Å². The van der Waals surface area contributed by atoms with E-state index in [4.69, 9.17) is 24.8 Å². The predicted octanol–water partition coefficient (Wildman–Crippen LogP) is 24.4. The first-order chi connectivity index (χ1) is 40.4. The second-order valence-corrected chi connectivity index (χ2v) is 67.9. The van der Waals surface area contributed by atoms with Crippen molar-refractivity contribution in [3.8, 4) is 19.5 Å². The molecule has 0 radical (unpaired) electrons. The van der Waals surface area contributed by atoms with Crippen LogP contribution in [-0.4, -0.2) is 93.1 Å². The number of carbonyl (C=O) groups is 5. The molecule has 10 nitrogen and oxygen atoms in total. The summed E-state index contributed by atoms with van der Waals surface area (Å²) < 4.78 is 18.0. The minimum atomic E-state index is -1.74. The van der Waals surface area contributed by atoms with Crippen molar-refractivity contribution in [2.75, 3.05) is 0 Å². The SMILES string of the molecule is BrBr.CCCCC(C)(C)OC(=O)c1cc(Br)sc1Br.CCCCC(C)(C)OC(=O)c1cc(C)sc1-c1ccc(C)s1.Cc1ccc(-c2sc(C)cc2C(=O)O)s1.O=C(O)c1cc(Br)sc1Br.O=C(O)c1ccsc1.[CH3][Sn]([CH3])([CH3])[c]1cc[c]([Sn]([CH3])([CH3])[CH3])s1. The van der Waals surface area contributed by atoms with Gasteiger partial charge < -0.3 is 24.8 Å². The number of carboxylic acid groups (broad SMARTS) is 3. The van der Waals surface area contributed by atoms with E-state index in [1.54, 1.807) is 74.8 Å². The zero-order chi connectivity index (χ0) is 66.4. The number of carbonyl (C=O) groups excluding carboxylic acids is 2. The van der Waals surface area contributed by atoms with Gasteiger partial charge in [0.05, 0.1) is 52.7 Å².